The summed E-state index contributed by atoms with van der Waals surface area (Å²) >= 11 is 0. The van der Waals surface area contributed by atoms with E-state index in [1.807, 2.05) is 0 Å². The number of anilines is 1. The Morgan fingerprint density at radius 1 is 1.12 bits per heavy atom. The lowest BCUT2D eigenvalue weighted by molar-refractivity contribution is -0.226. The molecule has 2 bridgehead atoms. The third kappa shape index (κ3) is 3.27. The van der Waals surface area contributed by atoms with Gasteiger partial charge in [0.2, 0.25) is 11.8 Å². The lowest BCUT2D eigenvalue weighted by atomic mass is 9.76. The van der Waals surface area contributed by atoms with Crippen molar-refractivity contribution in [2.45, 2.75) is 38.8 Å². The van der Waals surface area contributed by atoms with Crippen LogP contribution in [0.2, 0.25) is 0 Å². The second-order valence-electron chi connectivity index (χ2n) is 7.63. The number of fused-ring (bicyclic) bond motifs is 5. The number of imide groups is 1. The Morgan fingerprint density at radius 2 is 1.81 bits per heavy atom. The van der Waals surface area contributed by atoms with Crippen LogP contribution in [-0.4, -0.2) is 54.3 Å². The molecule has 32 heavy (non-hydrogen) atoms. The number of carbonyl (C=O) groups is 5. The standard InChI is InChI=1S/C22H21NO9/c1-4-29-20(28)13-6-5-7-14(10-13)23-18(26)16-15-8-9-22(32-15,17(16)19(23)27)21(30-11(2)24)31-12(3)25/h5-10,15-17,21H,4H2,1-3H3/t15-,16-,17+,22-/m0/s1. The van der Waals surface area contributed by atoms with Crippen LogP contribution in [0.4, 0.5) is 5.69 Å². The van der Waals surface area contributed by atoms with Gasteiger partial charge in [-0.1, -0.05) is 12.1 Å². The number of nitrogens with zero attached hydrogens (tertiary/aromatic N) is 1. The minimum atomic E-state index is -1.63. The molecule has 4 atom stereocenters. The summed E-state index contributed by atoms with van der Waals surface area (Å²) in [5, 5.41) is 0. The van der Waals surface area contributed by atoms with Crippen LogP contribution < -0.4 is 4.90 Å². The Hall–Kier alpha value is -3.53. The molecule has 2 amide bonds. The molecule has 1 aromatic rings. The predicted octanol–water partition coefficient (Wildman–Crippen LogP) is 1.13. The summed E-state index contributed by atoms with van der Waals surface area (Å²) in [5.41, 5.74) is -1.25. The van der Waals surface area contributed by atoms with Crippen molar-refractivity contribution in [1.82, 2.24) is 0 Å². The molecule has 2 saturated heterocycles. The van der Waals surface area contributed by atoms with Crippen LogP contribution in [0.5, 0.6) is 0 Å². The molecule has 3 heterocycles. The Kier molecular flexibility index (Phi) is 5.33. The maximum atomic E-state index is 13.5. The SMILES string of the molecule is CCOC(=O)c1cccc(N2C(=O)[C@H]3[C@@H]4C=C[C@](C(OC(C)=O)OC(C)=O)(O4)[C@H]3C2=O)c1. The van der Waals surface area contributed by atoms with E-state index in [1.54, 1.807) is 13.0 Å². The molecule has 0 N–H and O–H groups in total. The molecule has 3 aliphatic heterocycles. The van der Waals surface area contributed by atoms with Gasteiger partial charge in [0.1, 0.15) is 0 Å². The van der Waals surface area contributed by atoms with Crippen LogP contribution in [0, 0.1) is 11.8 Å². The summed E-state index contributed by atoms with van der Waals surface area (Å²) in [6.45, 7) is 4.10. The third-order valence-electron chi connectivity index (χ3n) is 5.61. The molecule has 168 valence electrons. The van der Waals surface area contributed by atoms with E-state index in [9.17, 15) is 24.0 Å². The van der Waals surface area contributed by atoms with Crippen LogP contribution in [-0.2, 0) is 38.1 Å². The quantitative estimate of drug-likeness (QED) is 0.275. The highest BCUT2D eigenvalue weighted by Gasteiger charge is 2.72. The Morgan fingerprint density at radius 3 is 2.44 bits per heavy atom. The number of carbonyl (C=O) groups excluding carboxylic acids is 5. The Balaban J connectivity index is 1.71. The van der Waals surface area contributed by atoms with Gasteiger partial charge in [-0.25, -0.2) is 9.69 Å². The van der Waals surface area contributed by atoms with Gasteiger partial charge in [0.15, 0.2) is 5.60 Å². The number of amides is 2. The minimum Gasteiger partial charge on any atom is -0.462 e. The maximum Gasteiger partial charge on any atom is 0.338 e. The highest BCUT2D eigenvalue weighted by Crippen LogP contribution is 2.54. The molecule has 1 aromatic carbocycles. The second kappa shape index (κ2) is 7.86. The van der Waals surface area contributed by atoms with Crippen molar-refractivity contribution in [2.75, 3.05) is 11.5 Å². The molecule has 0 aromatic heterocycles. The van der Waals surface area contributed by atoms with Crippen molar-refractivity contribution in [2.24, 2.45) is 11.8 Å². The smallest absolute Gasteiger partial charge is 0.338 e. The number of ether oxygens (including phenoxy) is 4. The molecule has 4 rings (SSSR count). The first kappa shape index (κ1) is 21.7. The molecule has 0 saturated carbocycles. The normalized spacial score (nSPS) is 27.6. The fraction of sp³-hybridized carbons (Fsp3) is 0.409. The summed E-state index contributed by atoms with van der Waals surface area (Å²) in [7, 11) is 0. The van der Waals surface area contributed by atoms with E-state index < -0.39 is 59.6 Å². The highest BCUT2D eigenvalue weighted by molar-refractivity contribution is 6.23. The van der Waals surface area contributed by atoms with E-state index >= 15 is 0 Å². The first-order valence-corrected chi connectivity index (χ1v) is 10.1. The second-order valence-corrected chi connectivity index (χ2v) is 7.63. The van der Waals surface area contributed by atoms with E-state index in [1.165, 1.54) is 30.3 Å². The first-order valence-electron chi connectivity index (χ1n) is 10.1. The molecule has 0 spiro atoms. The van der Waals surface area contributed by atoms with Crippen molar-refractivity contribution in [3.8, 4) is 0 Å². The summed E-state index contributed by atoms with van der Waals surface area (Å²) in [6, 6.07) is 5.97. The lowest BCUT2D eigenvalue weighted by Crippen LogP contribution is -2.52. The van der Waals surface area contributed by atoms with Crippen LogP contribution >= 0.6 is 0 Å². The molecule has 0 radical (unpaired) electrons. The summed E-state index contributed by atoms with van der Waals surface area (Å²) < 4.78 is 21.2. The van der Waals surface area contributed by atoms with Gasteiger partial charge < -0.3 is 18.9 Å². The van der Waals surface area contributed by atoms with Crippen molar-refractivity contribution in [3.05, 3.63) is 42.0 Å². The van der Waals surface area contributed by atoms with E-state index in [0.29, 0.717) is 0 Å². The van der Waals surface area contributed by atoms with Gasteiger partial charge >= 0.3 is 17.9 Å². The summed E-state index contributed by atoms with van der Waals surface area (Å²) in [6.07, 6.45) is 0.781. The average Bonchev–Trinajstić information content (AvgIpc) is 3.38. The molecule has 0 aliphatic carbocycles. The topological polar surface area (TPSA) is 126 Å². The zero-order valence-electron chi connectivity index (χ0n) is 17.6. The third-order valence-corrected chi connectivity index (χ3v) is 5.61. The van der Waals surface area contributed by atoms with Gasteiger partial charge in [0.25, 0.3) is 6.29 Å². The number of esters is 3. The van der Waals surface area contributed by atoms with Crippen molar-refractivity contribution >= 4 is 35.4 Å². The van der Waals surface area contributed by atoms with E-state index in [0.717, 1.165) is 18.7 Å². The summed E-state index contributed by atoms with van der Waals surface area (Å²) in [5.74, 6) is -5.19. The zero-order valence-corrected chi connectivity index (χ0v) is 17.6. The summed E-state index contributed by atoms with van der Waals surface area (Å²) in [4.78, 5) is 63.1. The number of benzene rings is 1. The number of hydrogen-bond donors (Lipinski definition) is 0. The van der Waals surface area contributed by atoms with Crippen LogP contribution in [0.1, 0.15) is 31.1 Å². The zero-order chi connectivity index (χ0) is 23.2. The molecule has 3 aliphatic rings. The molecular formula is C22H21NO9. The van der Waals surface area contributed by atoms with Crippen LogP contribution in [0.25, 0.3) is 0 Å². The first-order chi connectivity index (χ1) is 15.2. The van der Waals surface area contributed by atoms with Crippen LogP contribution in [0.15, 0.2) is 36.4 Å². The van der Waals surface area contributed by atoms with E-state index in [4.69, 9.17) is 18.9 Å². The van der Waals surface area contributed by atoms with Crippen LogP contribution in [0.3, 0.4) is 0 Å². The van der Waals surface area contributed by atoms with Gasteiger partial charge in [-0.2, -0.15) is 0 Å². The van der Waals surface area contributed by atoms with E-state index in [-0.39, 0.29) is 17.9 Å². The van der Waals surface area contributed by atoms with Gasteiger partial charge in [-0.3, -0.25) is 19.2 Å². The Bertz CT molecular complexity index is 1030. The monoisotopic (exact) mass is 443 g/mol. The molecule has 10 nitrogen and oxygen atoms in total. The Labute approximate surface area is 183 Å². The fourth-order valence-corrected chi connectivity index (χ4v) is 4.46. The van der Waals surface area contributed by atoms with Crippen molar-refractivity contribution in [3.63, 3.8) is 0 Å². The largest absolute Gasteiger partial charge is 0.462 e. The van der Waals surface area contributed by atoms with E-state index in [2.05, 4.69) is 0 Å². The van der Waals surface area contributed by atoms with Crippen molar-refractivity contribution in [1.29, 1.82) is 0 Å². The van der Waals surface area contributed by atoms with Gasteiger partial charge in [-0.15, -0.1) is 0 Å². The van der Waals surface area contributed by atoms with Gasteiger partial charge in [0, 0.05) is 13.8 Å². The minimum absolute atomic E-state index is 0.176. The predicted molar refractivity (Wildman–Crippen MR) is 106 cm³/mol. The molecule has 10 heteroatoms. The lowest BCUT2D eigenvalue weighted by Gasteiger charge is -2.34. The fourth-order valence-electron chi connectivity index (χ4n) is 4.46. The average molecular weight is 443 g/mol. The molecule has 2 fully saturated rings. The number of rotatable bonds is 6. The molecular weight excluding hydrogens is 422 g/mol. The van der Waals surface area contributed by atoms with Gasteiger partial charge in [-0.05, 0) is 31.2 Å². The van der Waals surface area contributed by atoms with Crippen molar-refractivity contribution < 1.29 is 42.9 Å². The van der Waals surface area contributed by atoms with Gasteiger partial charge in [0.05, 0.1) is 35.8 Å². The highest BCUT2D eigenvalue weighted by atomic mass is 16.7. The molecule has 0 unspecified atom stereocenters. The maximum absolute atomic E-state index is 13.5. The number of hydrogen-bond acceptors (Lipinski definition) is 9.